The van der Waals surface area contributed by atoms with Gasteiger partial charge in [0, 0.05) is 0 Å². The van der Waals surface area contributed by atoms with Gasteiger partial charge in [0.25, 0.3) is 5.91 Å². The minimum Gasteiger partial charge on any atom is -0.482 e. The molecular formula is C18H13ClF4N2O3. The summed E-state index contributed by atoms with van der Waals surface area (Å²) in [6, 6.07) is 6.43. The topological polar surface area (TPSA) is 58.6 Å². The molecule has 0 bridgehead atoms. The summed E-state index contributed by atoms with van der Waals surface area (Å²) in [4.78, 5) is 25.1. The van der Waals surface area contributed by atoms with Gasteiger partial charge in [-0.05, 0) is 30.3 Å². The van der Waals surface area contributed by atoms with E-state index in [0.717, 1.165) is 18.2 Å². The van der Waals surface area contributed by atoms with Crippen molar-refractivity contribution in [1.29, 1.82) is 0 Å². The summed E-state index contributed by atoms with van der Waals surface area (Å²) in [5, 5.41) is 2.23. The van der Waals surface area contributed by atoms with Gasteiger partial charge in [-0.2, -0.15) is 13.2 Å². The molecule has 10 heteroatoms. The van der Waals surface area contributed by atoms with Crippen molar-refractivity contribution < 1.29 is 31.9 Å². The zero-order chi connectivity index (χ0) is 20.5. The molecule has 0 unspecified atom stereocenters. The number of amides is 2. The van der Waals surface area contributed by atoms with Crippen LogP contribution >= 0.6 is 11.6 Å². The lowest BCUT2D eigenvalue weighted by molar-refractivity contribution is -0.158. The Hall–Kier alpha value is -2.81. The first-order chi connectivity index (χ1) is 13.2. The smallest absolute Gasteiger partial charge is 0.409 e. The number of benzene rings is 2. The maximum absolute atomic E-state index is 13.6. The van der Waals surface area contributed by atoms with Gasteiger partial charge in [0.1, 0.15) is 17.6 Å². The van der Waals surface area contributed by atoms with E-state index in [2.05, 4.69) is 5.32 Å². The summed E-state index contributed by atoms with van der Waals surface area (Å²) in [6.07, 6.45) is -5.81. The predicted molar refractivity (Wildman–Crippen MR) is 93.9 cm³/mol. The first-order valence-electron chi connectivity index (χ1n) is 8.02. The van der Waals surface area contributed by atoms with Crippen LogP contribution in [0.4, 0.5) is 28.9 Å². The fourth-order valence-corrected chi connectivity index (χ4v) is 3.02. The fourth-order valence-electron chi connectivity index (χ4n) is 2.80. The highest BCUT2D eigenvalue weighted by Gasteiger charge is 2.49. The molecule has 2 aromatic rings. The molecule has 5 nitrogen and oxygen atoms in total. The first kappa shape index (κ1) is 19.9. The molecule has 1 aliphatic rings. The van der Waals surface area contributed by atoms with Crippen molar-refractivity contribution in [3.8, 4) is 5.75 Å². The van der Waals surface area contributed by atoms with Gasteiger partial charge in [-0.3, -0.25) is 14.5 Å². The third kappa shape index (κ3) is 4.19. The molecular weight excluding hydrogens is 404 g/mol. The van der Waals surface area contributed by atoms with E-state index in [1.807, 2.05) is 0 Å². The lowest BCUT2D eigenvalue weighted by Crippen LogP contribution is -2.51. The van der Waals surface area contributed by atoms with Crippen LogP contribution in [-0.2, 0) is 9.59 Å². The van der Waals surface area contributed by atoms with E-state index in [9.17, 15) is 27.2 Å². The number of hydrogen-bond acceptors (Lipinski definition) is 3. The molecule has 28 heavy (non-hydrogen) atoms. The number of rotatable bonds is 3. The van der Waals surface area contributed by atoms with Crippen molar-refractivity contribution >= 4 is 34.8 Å². The molecule has 2 aromatic carbocycles. The van der Waals surface area contributed by atoms with Crippen molar-refractivity contribution in [3.63, 3.8) is 0 Å². The number of anilines is 2. The molecule has 3 rings (SSSR count). The largest absolute Gasteiger partial charge is 0.482 e. The lowest BCUT2D eigenvalue weighted by atomic mass is 10.1. The molecule has 0 saturated heterocycles. The number of alkyl halides is 3. The second-order valence-corrected chi connectivity index (χ2v) is 6.36. The zero-order valence-electron chi connectivity index (χ0n) is 14.1. The minimum absolute atomic E-state index is 0.0581. The van der Waals surface area contributed by atoms with Crippen molar-refractivity contribution in [3.05, 3.63) is 53.3 Å². The molecule has 1 aliphatic heterocycles. The van der Waals surface area contributed by atoms with Gasteiger partial charge in [0.15, 0.2) is 6.61 Å². The van der Waals surface area contributed by atoms with Gasteiger partial charge in [-0.1, -0.05) is 23.7 Å². The number of carbonyl (C=O) groups excluding carboxylic acids is 2. The number of nitrogens with zero attached hydrogens (tertiary/aromatic N) is 1. The van der Waals surface area contributed by atoms with Gasteiger partial charge in [0.05, 0.1) is 22.8 Å². The van der Waals surface area contributed by atoms with E-state index in [4.69, 9.17) is 16.3 Å². The van der Waals surface area contributed by atoms with Crippen LogP contribution in [0.3, 0.4) is 0 Å². The number of para-hydroxylation sites is 2. The number of fused-ring (bicyclic) bond motifs is 1. The maximum Gasteiger partial charge on any atom is 0.409 e. The molecule has 148 valence electrons. The third-order valence-corrected chi connectivity index (χ3v) is 4.32. The zero-order valence-corrected chi connectivity index (χ0v) is 14.9. The van der Waals surface area contributed by atoms with Gasteiger partial charge < -0.3 is 10.1 Å². The number of halogens is 5. The van der Waals surface area contributed by atoms with E-state index in [1.54, 1.807) is 0 Å². The first-order valence-corrected chi connectivity index (χ1v) is 8.40. The van der Waals surface area contributed by atoms with Crippen LogP contribution in [0.25, 0.3) is 0 Å². The SMILES string of the molecule is O=C1C[C@@H](C(F)(F)F)N(C(=O)COc2ccc(F)cc2Cl)c2ccccc2N1. The van der Waals surface area contributed by atoms with Crippen molar-refractivity contribution in [2.75, 3.05) is 16.8 Å². The normalized spacial score (nSPS) is 16.8. The Bertz CT molecular complexity index is 920. The van der Waals surface area contributed by atoms with E-state index >= 15 is 0 Å². The van der Waals surface area contributed by atoms with Crippen LogP contribution in [0.1, 0.15) is 6.42 Å². The van der Waals surface area contributed by atoms with Gasteiger partial charge in [-0.15, -0.1) is 0 Å². The minimum atomic E-state index is -4.85. The summed E-state index contributed by atoms with van der Waals surface area (Å²) in [6.45, 7) is -0.791. The molecule has 1 N–H and O–H groups in total. The standard InChI is InChI=1S/C18H13ClF4N2O3/c19-11-7-10(20)5-6-14(11)28-9-17(27)25-13-4-2-1-3-12(13)24-16(26)8-15(25)18(21,22)23/h1-7,15H,8-9H2,(H,24,26)/t15-/m0/s1. The number of hydrogen-bond donors (Lipinski definition) is 1. The van der Waals surface area contributed by atoms with Crippen molar-refractivity contribution in [2.45, 2.75) is 18.6 Å². The Morgan fingerprint density at radius 3 is 2.64 bits per heavy atom. The quantitative estimate of drug-likeness (QED) is 0.764. The molecule has 2 amide bonds. The summed E-state index contributed by atoms with van der Waals surface area (Å²) < 4.78 is 59.1. The predicted octanol–water partition coefficient (Wildman–Crippen LogP) is 4.16. The average Bonchev–Trinajstić information content (AvgIpc) is 2.76. The van der Waals surface area contributed by atoms with Crippen LogP contribution in [-0.4, -0.2) is 30.6 Å². The Balaban J connectivity index is 1.92. The van der Waals surface area contributed by atoms with Crippen LogP contribution in [0.5, 0.6) is 5.75 Å². The van der Waals surface area contributed by atoms with Gasteiger partial charge >= 0.3 is 6.18 Å². The second kappa shape index (κ2) is 7.67. The molecule has 0 radical (unpaired) electrons. The van der Waals surface area contributed by atoms with Crippen LogP contribution in [0.15, 0.2) is 42.5 Å². The highest BCUT2D eigenvalue weighted by Crippen LogP contribution is 2.37. The summed E-state index contributed by atoms with van der Waals surface area (Å²) in [5.74, 6) is -2.59. The molecule has 1 atom stereocenters. The molecule has 1 heterocycles. The Labute approximate surface area is 161 Å². The maximum atomic E-state index is 13.6. The molecule has 0 aromatic heterocycles. The van der Waals surface area contributed by atoms with Crippen molar-refractivity contribution in [1.82, 2.24) is 0 Å². The van der Waals surface area contributed by atoms with Crippen LogP contribution < -0.4 is 15.0 Å². The van der Waals surface area contributed by atoms with E-state index in [0.29, 0.717) is 4.90 Å². The molecule has 0 fully saturated rings. The fraction of sp³-hybridized carbons (Fsp3) is 0.222. The van der Waals surface area contributed by atoms with Crippen LogP contribution in [0, 0.1) is 5.82 Å². The molecule has 0 aliphatic carbocycles. The van der Waals surface area contributed by atoms with E-state index in [-0.39, 0.29) is 22.1 Å². The third-order valence-electron chi connectivity index (χ3n) is 4.02. The molecule has 0 spiro atoms. The highest BCUT2D eigenvalue weighted by molar-refractivity contribution is 6.32. The Morgan fingerprint density at radius 2 is 1.96 bits per heavy atom. The van der Waals surface area contributed by atoms with E-state index < -0.39 is 42.9 Å². The van der Waals surface area contributed by atoms with E-state index in [1.165, 1.54) is 24.3 Å². The van der Waals surface area contributed by atoms with Crippen molar-refractivity contribution in [2.24, 2.45) is 0 Å². The summed E-state index contributed by atoms with van der Waals surface area (Å²) in [7, 11) is 0. The number of ether oxygens (including phenoxy) is 1. The Morgan fingerprint density at radius 1 is 1.25 bits per heavy atom. The molecule has 0 saturated carbocycles. The van der Waals surface area contributed by atoms with Gasteiger partial charge in [-0.25, -0.2) is 4.39 Å². The monoisotopic (exact) mass is 416 g/mol. The summed E-state index contributed by atoms with van der Waals surface area (Å²) >= 11 is 5.80. The van der Waals surface area contributed by atoms with Crippen LogP contribution in [0.2, 0.25) is 5.02 Å². The Kier molecular flexibility index (Phi) is 5.46. The summed E-state index contributed by atoms with van der Waals surface area (Å²) in [5.41, 5.74) is -0.0260. The second-order valence-electron chi connectivity index (χ2n) is 5.95. The number of carbonyl (C=O) groups is 2. The van der Waals surface area contributed by atoms with Gasteiger partial charge in [0.2, 0.25) is 5.91 Å². The lowest BCUT2D eigenvalue weighted by Gasteiger charge is -2.31. The highest BCUT2D eigenvalue weighted by atomic mass is 35.5. The number of nitrogens with one attached hydrogen (secondary N) is 1. The average molecular weight is 417 g/mol.